The van der Waals surface area contributed by atoms with E-state index in [0.717, 1.165) is 16.5 Å². The van der Waals surface area contributed by atoms with Gasteiger partial charge in [-0.25, -0.2) is 19.9 Å². The third-order valence-corrected chi connectivity index (χ3v) is 5.06. The zero-order chi connectivity index (χ0) is 22.7. The van der Waals surface area contributed by atoms with Crippen LogP contribution in [-0.4, -0.2) is 44.4 Å². The number of pyridine rings is 1. The van der Waals surface area contributed by atoms with Crippen molar-refractivity contribution < 1.29 is 6.17 Å². The maximum atomic E-state index is 12.2. The van der Waals surface area contributed by atoms with Crippen molar-refractivity contribution in [1.82, 2.24) is 30.2 Å². The van der Waals surface area contributed by atoms with Crippen LogP contribution in [0.1, 0.15) is 36.0 Å². The molecule has 31 heavy (non-hydrogen) atoms. The topological polar surface area (TPSA) is 106 Å². The molecule has 0 aliphatic heterocycles. The van der Waals surface area contributed by atoms with Crippen LogP contribution in [0.3, 0.4) is 0 Å². The number of benzene rings is 1. The molecule has 1 atom stereocenters. The molecule has 0 aliphatic rings. The molecular weight excluding hydrogens is 390 g/mol. The summed E-state index contributed by atoms with van der Waals surface area (Å²) in [6, 6.07) is 9.39. The fourth-order valence-electron chi connectivity index (χ4n) is 3.38. The van der Waals surface area contributed by atoms with E-state index in [1.165, 1.54) is 6.33 Å². The van der Waals surface area contributed by atoms with Gasteiger partial charge in [0.1, 0.15) is 18.0 Å². The Balaban J connectivity index is 1.56. The average Bonchev–Trinajstić information content (AvgIpc) is 2.81. The first-order valence-corrected chi connectivity index (χ1v) is 9.94. The zero-order valence-electron chi connectivity index (χ0n) is 18.5. The van der Waals surface area contributed by atoms with Crippen molar-refractivity contribution in [2.75, 3.05) is 18.9 Å². The maximum Gasteiger partial charge on any atom is 0.251 e. The highest BCUT2D eigenvalue weighted by atomic mass is 16.1. The van der Waals surface area contributed by atoms with Crippen LogP contribution >= 0.6 is 0 Å². The summed E-state index contributed by atoms with van der Waals surface area (Å²) in [7, 11) is 1.62. The van der Waals surface area contributed by atoms with E-state index in [-0.39, 0.29) is 18.0 Å². The monoisotopic (exact) mass is 414 g/mol. The van der Waals surface area contributed by atoms with Crippen molar-refractivity contribution in [3.63, 3.8) is 0 Å². The van der Waals surface area contributed by atoms with E-state index in [4.69, 9.17) is 1.37 Å². The summed E-state index contributed by atoms with van der Waals surface area (Å²) in [6.07, 6.45) is 4.85. The molecule has 0 unspecified atom stereocenters. The van der Waals surface area contributed by atoms with Crippen LogP contribution in [0.15, 0.2) is 55.2 Å². The Morgan fingerprint density at radius 3 is 2.84 bits per heavy atom. The molecule has 0 radical (unpaired) electrons. The molecule has 4 aromatic rings. The Hall–Kier alpha value is -3.94. The molecule has 156 valence electrons. The van der Waals surface area contributed by atoms with Gasteiger partial charge in [-0.3, -0.25) is 9.78 Å². The van der Waals surface area contributed by atoms with Crippen LogP contribution in [0.4, 0.5) is 5.82 Å². The molecule has 0 spiro atoms. The first-order chi connectivity index (χ1) is 15.5. The van der Waals surface area contributed by atoms with Gasteiger partial charge in [0.2, 0.25) is 0 Å². The summed E-state index contributed by atoms with van der Waals surface area (Å²) < 4.78 is 8.07. The molecule has 4 rings (SSSR count). The molecular formula is C23H23N7O. The number of carbonyl (C=O) groups excluding carboxylic acids is 1. The van der Waals surface area contributed by atoms with Crippen molar-refractivity contribution in [2.24, 2.45) is 0 Å². The van der Waals surface area contributed by atoms with E-state index in [0.29, 0.717) is 35.0 Å². The van der Waals surface area contributed by atoms with Gasteiger partial charge in [0.05, 0.1) is 18.1 Å². The lowest BCUT2D eigenvalue weighted by atomic mass is 9.96. The SMILES string of the molecule is [2H]c1nc(C)ncc1-c1cc(NC[C@@H](C)c2cccc3c(C(=O)NC)ccnc23)ncn1. The number of aryl methyl sites for hydroxylation is 1. The van der Waals surface area contributed by atoms with Gasteiger partial charge >= 0.3 is 0 Å². The molecule has 0 aliphatic carbocycles. The molecule has 0 fully saturated rings. The molecule has 0 saturated carbocycles. The number of carbonyl (C=O) groups is 1. The fourth-order valence-corrected chi connectivity index (χ4v) is 3.38. The molecule has 0 saturated heterocycles. The van der Waals surface area contributed by atoms with Gasteiger partial charge in [-0.15, -0.1) is 0 Å². The maximum absolute atomic E-state index is 12.2. The molecule has 8 nitrogen and oxygen atoms in total. The summed E-state index contributed by atoms with van der Waals surface area (Å²) in [5, 5.41) is 6.84. The molecule has 3 aromatic heterocycles. The lowest BCUT2D eigenvalue weighted by Crippen LogP contribution is -2.18. The Bertz CT molecular complexity index is 1290. The standard InChI is InChI=1S/C23H23N7O/c1-14(17-5-4-6-18-19(23(31)24-3)7-8-25-22(17)18)10-28-21-9-20(29-13-30-21)16-11-26-15(2)27-12-16/h4-9,11-14H,10H2,1-3H3,(H,24,31)(H,28,29,30)/t14-/m1/s1/i11D. The Morgan fingerprint density at radius 2 is 2.03 bits per heavy atom. The average molecular weight is 414 g/mol. The van der Waals surface area contributed by atoms with Crippen LogP contribution in [0, 0.1) is 6.92 Å². The number of nitrogens with one attached hydrogen (secondary N) is 2. The third kappa shape index (κ3) is 4.32. The van der Waals surface area contributed by atoms with Gasteiger partial charge in [0, 0.05) is 55.1 Å². The van der Waals surface area contributed by atoms with Crippen molar-refractivity contribution in [3.05, 3.63) is 72.2 Å². The van der Waals surface area contributed by atoms with Crippen LogP contribution in [0.2, 0.25) is 0 Å². The summed E-state index contributed by atoms with van der Waals surface area (Å²) in [6.45, 7) is 4.43. The number of aromatic nitrogens is 5. The highest BCUT2D eigenvalue weighted by Crippen LogP contribution is 2.27. The molecule has 8 heteroatoms. The largest absolute Gasteiger partial charge is 0.369 e. The highest BCUT2D eigenvalue weighted by molar-refractivity contribution is 6.06. The predicted octanol–water partition coefficient (Wildman–Crippen LogP) is 3.37. The number of nitrogens with zero attached hydrogens (tertiary/aromatic N) is 5. The number of para-hydroxylation sites is 1. The summed E-state index contributed by atoms with van der Waals surface area (Å²) >= 11 is 0. The second-order valence-electron chi connectivity index (χ2n) is 7.19. The molecule has 0 bridgehead atoms. The molecule has 1 amide bonds. The van der Waals surface area contributed by atoms with Crippen molar-refractivity contribution in [1.29, 1.82) is 0 Å². The summed E-state index contributed by atoms with van der Waals surface area (Å²) in [5.41, 5.74) is 3.58. The lowest BCUT2D eigenvalue weighted by Gasteiger charge is -2.16. The Kier molecular flexibility index (Phi) is 5.42. The second kappa shape index (κ2) is 8.83. The summed E-state index contributed by atoms with van der Waals surface area (Å²) in [5.74, 6) is 1.14. The minimum absolute atomic E-state index is 0.0963. The molecule has 3 heterocycles. The minimum Gasteiger partial charge on any atom is -0.369 e. The fraction of sp³-hybridized carbons (Fsp3) is 0.217. The number of fused-ring (bicyclic) bond motifs is 1. The number of hydrogen-bond donors (Lipinski definition) is 2. The van der Waals surface area contributed by atoms with Gasteiger partial charge < -0.3 is 10.6 Å². The van der Waals surface area contributed by atoms with Crippen LogP contribution in [-0.2, 0) is 0 Å². The van der Waals surface area contributed by atoms with E-state index >= 15 is 0 Å². The minimum atomic E-state index is -0.136. The quantitative estimate of drug-likeness (QED) is 0.498. The normalized spacial score (nSPS) is 12.3. The smallest absolute Gasteiger partial charge is 0.251 e. The Morgan fingerprint density at radius 1 is 1.16 bits per heavy atom. The Labute approximate surface area is 181 Å². The van der Waals surface area contributed by atoms with Gasteiger partial charge in [-0.05, 0) is 18.6 Å². The highest BCUT2D eigenvalue weighted by Gasteiger charge is 2.15. The van der Waals surface area contributed by atoms with E-state index in [1.807, 2.05) is 18.2 Å². The summed E-state index contributed by atoms with van der Waals surface area (Å²) in [4.78, 5) is 33.6. The van der Waals surface area contributed by atoms with E-state index in [1.54, 1.807) is 38.5 Å². The number of amides is 1. The van der Waals surface area contributed by atoms with Gasteiger partial charge in [0.15, 0.2) is 0 Å². The van der Waals surface area contributed by atoms with Crippen LogP contribution in [0.25, 0.3) is 22.2 Å². The number of rotatable bonds is 6. The molecule has 1 aromatic carbocycles. The predicted molar refractivity (Wildman–Crippen MR) is 120 cm³/mol. The van der Waals surface area contributed by atoms with Gasteiger partial charge in [0.25, 0.3) is 5.91 Å². The zero-order valence-corrected chi connectivity index (χ0v) is 17.5. The van der Waals surface area contributed by atoms with E-state index in [2.05, 4.69) is 42.5 Å². The van der Waals surface area contributed by atoms with E-state index < -0.39 is 0 Å². The lowest BCUT2D eigenvalue weighted by molar-refractivity contribution is 0.0964. The van der Waals surface area contributed by atoms with E-state index in [9.17, 15) is 4.79 Å². The third-order valence-electron chi connectivity index (χ3n) is 5.06. The molecule has 2 N–H and O–H groups in total. The second-order valence-corrected chi connectivity index (χ2v) is 7.19. The van der Waals surface area contributed by atoms with Crippen molar-refractivity contribution in [2.45, 2.75) is 19.8 Å². The van der Waals surface area contributed by atoms with Crippen LogP contribution in [0.5, 0.6) is 0 Å². The number of hydrogen-bond acceptors (Lipinski definition) is 7. The van der Waals surface area contributed by atoms with Gasteiger partial charge in [-0.2, -0.15) is 0 Å². The number of anilines is 1. The van der Waals surface area contributed by atoms with Crippen molar-refractivity contribution in [3.8, 4) is 11.3 Å². The first kappa shape index (κ1) is 19.0. The van der Waals surface area contributed by atoms with Gasteiger partial charge in [-0.1, -0.05) is 25.1 Å². The first-order valence-electron chi connectivity index (χ1n) is 10.4. The van der Waals surface area contributed by atoms with Crippen molar-refractivity contribution >= 4 is 22.6 Å². The van der Waals surface area contributed by atoms with Crippen LogP contribution < -0.4 is 10.6 Å².